The molecule has 4 N–H and O–H groups in total. The summed E-state index contributed by atoms with van der Waals surface area (Å²) in [6.07, 6.45) is 0.920. The molecule has 1 aromatic heterocycles. The fourth-order valence-electron chi connectivity index (χ4n) is 4.37. The average molecular weight is 510 g/mol. The second-order valence-corrected chi connectivity index (χ2v) is 12.9. The van der Waals surface area contributed by atoms with Gasteiger partial charge in [0.25, 0.3) is 5.91 Å². The Morgan fingerprint density at radius 3 is 2.53 bits per heavy atom. The summed E-state index contributed by atoms with van der Waals surface area (Å²) in [6.45, 7) is 8.67. The Morgan fingerprint density at radius 1 is 1.14 bits per heavy atom. The van der Waals surface area contributed by atoms with Crippen LogP contribution < -0.4 is 26.4 Å². The summed E-state index contributed by atoms with van der Waals surface area (Å²) in [5, 5.41) is 15.0. The molecule has 3 aromatic rings. The monoisotopic (exact) mass is 509 g/mol. The van der Waals surface area contributed by atoms with E-state index in [2.05, 4.69) is 51.6 Å². The number of primary amides is 1. The number of carbonyl (C=O) groups excluding carboxylic acids is 1. The summed E-state index contributed by atoms with van der Waals surface area (Å²) in [5.74, 6) is 0.123. The number of ether oxygens (including phenoxy) is 1. The van der Waals surface area contributed by atoms with E-state index in [4.69, 9.17) is 10.5 Å². The van der Waals surface area contributed by atoms with Gasteiger partial charge in [0, 0.05) is 17.4 Å². The number of hydrogen-bond acceptors (Lipinski definition) is 9. The lowest BCUT2D eigenvalue weighted by molar-refractivity contribution is 0.0995. The van der Waals surface area contributed by atoms with Crippen LogP contribution in [-0.4, -0.2) is 60.0 Å². The van der Waals surface area contributed by atoms with Crippen LogP contribution in [0.4, 0.5) is 23.1 Å². The summed E-state index contributed by atoms with van der Waals surface area (Å²) < 4.78 is 18.5. The van der Waals surface area contributed by atoms with Gasteiger partial charge in [-0.05, 0) is 76.0 Å². The first-order valence-corrected chi connectivity index (χ1v) is 14.2. The number of nitrogens with two attached hydrogens (primary N) is 1. The fourth-order valence-corrected chi connectivity index (χ4v) is 5.52. The normalized spacial score (nSPS) is 15.2. The fraction of sp³-hybridized carbons (Fsp3) is 0.360. The third-order valence-electron chi connectivity index (χ3n) is 6.66. The van der Waals surface area contributed by atoms with Gasteiger partial charge in [0.1, 0.15) is 12.9 Å². The Balaban J connectivity index is 1.75. The molecule has 2 heterocycles. The van der Waals surface area contributed by atoms with Crippen molar-refractivity contribution in [3.8, 4) is 5.75 Å². The number of rotatable bonds is 7. The van der Waals surface area contributed by atoms with E-state index in [-0.39, 0.29) is 23.0 Å². The van der Waals surface area contributed by atoms with Crippen LogP contribution in [-0.2, 0) is 16.5 Å². The summed E-state index contributed by atoms with van der Waals surface area (Å²) in [7, 11) is 1.10. The van der Waals surface area contributed by atoms with E-state index in [1.54, 1.807) is 38.6 Å². The van der Waals surface area contributed by atoms with E-state index in [9.17, 15) is 9.36 Å². The zero-order chi connectivity index (χ0) is 26.3. The molecular formula is C25H32N7O3P. The first-order valence-electron chi connectivity index (χ1n) is 11.6. The maximum Gasteiger partial charge on any atom is 0.273 e. The summed E-state index contributed by atoms with van der Waals surface area (Å²) in [5.41, 5.74) is 8.87. The first kappa shape index (κ1) is 25.6. The molecule has 0 atom stereocenters. The van der Waals surface area contributed by atoms with E-state index in [1.807, 2.05) is 18.2 Å². The molecule has 4 rings (SSSR count). The number of hydrogen-bond donors (Lipinski definition) is 3. The highest BCUT2D eigenvalue weighted by Crippen LogP contribution is 2.41. The standard InChI is InChI=1S/C25H32N7O3P/c1-25(2)16-14-18(19(35-4)13-15(16)11-12-32(25)3)28-24-29-23(21(22(26)33)30-31-24)27-17-9-7-8-10-20(17)36(5,6)34/h7-10,13-14H,11-12H2,1-6H3,(H2,26,33)(H2,27,28,29,31). The number of para-hydroxylation sites is 1. The van der Waals surface area contributed by atoms with Gasteiger partial charge in [-0.15, -0.1) is 10.2 Å². The third-order valence-corrected chi connectivity index (χ3v) is 8.21. The molecule has 190 valence electrons. The summed E-state index contributed by atoms with van der Waals surface area (Å²) in [6, 6.07) is 11.2. The van der Waals surface area contributed by atoms with E-state index in [0.29, 0.717) is 22.4 Å². The van der Waals surface area contributed by atoms with Crippen molar-refractivity contribution in [3.05, 3.63) is 53.2 Å². The second-order valence-electron chi connectivity index (χ2n) is 9.76. The van der Waals surface area contributed by atoms with Gasteiger partial charge in [-0.1, -0.05) is 12.1 Å². The number of nitrogens with zero attached hydrogens (tertiary/aromatic N) is 4. The largest absolute Gasteiger partial charge is 0.495 e. The topological polar surface area (TPSA) is 135 Å². The zero-order valence-corrected chi connectivity index (χ0v) is 22.3. The average Bonchev–Trinajstić information content (AvgIpc) is 2.81. The Hall–Kier alpha value is -3.49. The number of aromatic nitrogens is 3. The number of likely N-dealkylation sites (N-methyl/N-ethyl adjacent to an activating group) is 1. The molecule has 0 unspecified atom stereocenters. The molecule has 1 aliphatic heterocycles. The lowest BCUT2D eigenvalue weighted by atomic mass is 9.83. The smallest absolute Gasteiger partial charge is 0.273 e. The molecule has 36 heavy (non-hydrogen) atoms. The van der Waals surface area contributed by atoms with E-state index < -0.39 is 13.0 Å². The Bertz CT molecular complexity index is 1370. The molecule has 0 saturated carbocycles. The molecular weight excluding hydrogens is 477 g/mol. The molecule has 0 saturated heterocycles. The molecule has 0 radical (unpaired) electrons. The van der Waals surface area contributed by atoms with Crippen LogP contribution in [0, 0.1) is 0 Å². The van der Waals surface area contributed by atoms with Crippen molar-refractivity contribution < 1.29 is 14.1 Å². The SMILES string of the molecule is COc1cc2c(cc1Nc1nnc(C(N)=O)c(Nc3ccccc3P(C)(C)=O)n1)C(C)(C)N(C)CC2. The molecule has 10 nitrogen and oxygen atoms in total. The number of carbonyl (C=O) groups is 1. The molecule has 2 aromatic carbocycles. The highest BCUT2D eigenvalue weighted by atomic mass is 31.2. The minimum Gasteiger partial charge on any atom is -0.495 e. The van der Waals surface area contributed by atoms with Gasteiger partial charge in [0.15, 0.2) is 11.5 Å². The van der Waals surface area contributed by atoms with Crippen molar-refractivity contribution >= 4 is 41.5 Å². The number of anilines is 4. The van der Waals surface area contributed by atoms with Crippen LogP contribution in [0.2, 0.25) is 0 Å². The van der Waals surface area contributed by atoms with Gasteiger partial charge in [-0.25, -0.2) is 0 Å². The number of benzene rings is 2. The van der Waals surface area contributed by atoms with Crippen LogP contribution in [0.3, 0.4) is 0 Å². The third kappa shape index (κ3) is 4.92. The van der Waals surface area contributed by atoms with Gasteiger partial charge < -0.3 is 25.7 Å². The summed E-state index contributed by atoms with van der Waals surface area (Å²) >= 11 is 0. The number of amides is 1. The number of fused-ring (bicyclic) bond motifs is 1. The van der Waals surface area contributed by atoms with E-state index in [1.165, 1.54) is 11.1 Å². The minimum absolute atomic E-state index is 0.109. The molecule has 11 heteroatoms. The van der Waals surface area contributed by atoms with Gasteiger partial charge >= 0.3 is 0 Å². The van der Waals surface area contributed by atoms with Gasteiger partial charge in [0.05, 0.1) is 18.5 Å². The second kappa shape index (κ2) is 9.52. The summed E-state index contributed by atoms with van der Waals surface area (Å²) in [4.78, 5) is 18.9. The lowest BCUT2D eigenvalue weighted by Crippen LogP contribution is -2.44. The molecule has 0 spiro atoms. The molecule has 0 aliphatic carbocycles. The predicted molar refractivity (Wildman–Crippen MR) is 143 cm³/mol. The maximum atomic E-state index is 12.8. The van der Waals surface area contributed by atoms with Crippen LogP contribution in [0.25, 0.3) is 0 Å². The van der Waals surface area contributed by atoms with Crippen molar-refractivity contribution in [2.75, 3.05) is 44.7 Å². The van der Waals surface area contributed by atoms with Crippen molar-refractivity contribution in [1.82, 2.24) is 20.1 Å². The molecule has 0 bridgehead atoms. The van der Waals surface area contributed by atoms with Gasteiger partial charge in [0.2, 0.25) is 5.95 Å². The minimum atomic E-state index is -2.62. The van der Waals surface area contributed by atoms with Crippen molar-refractivity contribution in [2.45, 2.75) is 25.8 Å². The predicted octanol–water partition coefficient (Wildman–Crippen LogP) is 3.44. The molecule has 1 aliphatic rings. The van der Waals surface area contributed by atoms with Gasteiger partial charge in [-0.2, -0.15) is 4.98 Å². The maximum absolute atomic E-state index is 12.8. The van der Waals surface area contributed by atoms with Crippen molar-refractivity contribution in [3.63, 3.8) is 0 Å². The Kier molecular flexibility index (Phi) is 6.77. The van der Waals surface area contributed by atoms with Gasteiger partial charge in [-0.3, -0.25) is 9.69 Å². The lowest BCUT2D eigenvalue weighted by Gasteiger charge is -2.42. The quantitative estimate of drug-likeness (QED) is 0.409. The zero-order valence-electron chi connectivity index (χ0n) is 21.4. The number of methoxy groups -OCH3 is 1. The van der Waals surface area contributed by atoms with Crippen LogP contribution in [0.1, 0.15) is 35.5 Å². The number of nitrogens with one attached hydrogen (secondary N) is 2. The van der Waals surface area contributed by atoms with Crippen LogP contribution in [0.15, 0.2) is 36.4 Å². The van der Waals surface area contributed by atoms with Crippen molar-refractivity contribution in [1.29, 1.82) is 0 Å². The van der Waals surface area contributed by atoms with Crippen LogP contribution in [0.5, 0.6) is 5.75 Å². The van der Waals surface area contributed by atoms with Crippen LogP contribution >= 0.6 is 7.14 Å². The molecule has 1 amide bonds. The highest BCUT2D eigenvalue weighted by molar-refractivity contribution is 7.70. The van der Waals surface area contributed by atoms with Crippen molar-refractivity contribution in [2.24, 2.45) is 5.73 Å². The Morgan fingerprint density at radius 2 is 1.86 bits per heavy atom. The highest BCUT2D eigenvalue weighted by Gasteiger charge is 2.33. The van der Waals surface area contributed by atoms with E-state index in [0.717, 1.165) is 13.0 Å². The first-order chi connectivity index (χ1) is 16.9. The molecule has 0 fully saturated rings. The van der Waals surface area contributed by atoms with E-state index >= 15 is 0 Å². The Labute approximate surface area is 211 Å².